The van der Waals surface area contributed by atoms with Crippen LogP contribution in [0.4, 0.5) is 0 Å². The molecule has 0 fully saturated rings. The van der Waals surface area contributed by atoms with Gasteiger partial charge in [-0.1, -0.05) is 12.1 Å². The maximum Gasteiger partial charge on any atom is 0.195 e. The van der Waals surface area contributed by atoms with Crippen molar-refractivity contribution in [2.45, 2.75) is 13.0 Å². The van der Waals surface area contributed by atoms with Gasteiger partial charge in [-0.25, -0.2) is 0 Å². The molecule has 19 heavy (non-hydrogen) atoms. The van der Waals surface area contributed by atoms with Gasteiger partial charge in [0, 0.05) is 20.1 Å². The third-order valence-corrected chi connectivity index (χ3v) is 3.19. The third kappa shape index (κ3) is 3.42. The molecule has 5 nitrogen and oxygen atoms in total. The molecule has 0 saturated heterocycles. The Kier molecular flexibility index (Phi) is 4.70. The van der Waals surface area contributed by atoms with E-state index in [9.17, 15) is 0 Å². The zero-order chi connectivity index (χ0) is 13.7. The van der Waals surface area contributed by atoms with Crippen molar-refractivity contribution >= 4 is 12.2 Å². The van der Waals surface area contributed by atoms with Crippen molar-refractivity contribution in [3.8, 4) is 5.75 Å². The van der Waals surface area contributed by atoms with Crippen LogP contribution in [0.2, 0.25) is 0 Å². The Morgan fingerprint density at radius 1 is 1.26 bits per heavy atom. The van der Waals surface area contributed by atoms with Gasteiger partial charge in [0.15, 0.2) is 4.77 Å². The fraction of sp³-hybridized carbons (Fsp3) is 0.385. The van der Waals surface area contributed by atoms with Crippen LogP contribution in [0.5, 0.6) is 5.75 Å². The number of benzene rings is 1. The molecule has 102 valence electrons. The summed E-state index contributed by atoms with van der Waals surface area (Å²) in [7, 11) is 3.33. The highest BCUT2D eigenvalue weighted by molar-refractivity contribution is 7.71. The first kappa shape index (κ1) is 13.8. The lowest BCUT2D eigenvalue weighted by atomic mass is 10.1. The van der Waals surface area contributed by atoms with Crippen LogP contribution in [0.3, 0.4) is 0 Å². The number of hydrogen-bond acceptors (Lipinski definition) is 4. The minimum atomic E-state index is 0.615. The molecule has 1 aromatic carbocycles. The number of hydrogen-bond donors (Lipinski definition) is 1. The summed E-state index contributed by atoms with van der Waals surface area (Å²) in [5, 5.41) is 7.09. The number of H-pyrrole nitrogens is 1. The maximum absolute atomic E-state index is 5.21. The lowest BCUT2D eigenvalue weighted by Crippen LogP contribution is -2.09. The molecule has 0 saturated carbocycles. The highest BCUT2D eigenvalue weighted by Crippen LogP contribution is 2.14. The van der Waals surface area contributed by atoms with Crippen molar-refractivity contribution in [2.24, 2.45) is 0 Å². The predicted molar refractivity (Wildman–Crippen MR) is 75.1 cm³/mol. The van der Waals surface area contributed by atoms with Gasteiger partial charge in [-0.3, -0.25) is 5.10 Å². The Morgan fingerprint density at radius 3 is 2.63 bits per heavy atom. The van der Waals surface area contributed by atoms with Gasteiger partial charge in [0.25, 0.3) is 0 Å². The van der Waals surface area contributed by atoms with Crippen LogP contribution >= 0.6 is 12.2 Å². The van der Waals surface area contributed by atoms with Crippen LogP contribution in [-0.2, 0) is 17.7 Å². The van der Waals surface area contributed by atoms with Crippen LogP contribution in [-0.4, -0.2) is 35.6 Å². The zero-order valence-electron chi connectivity index (χ0n) is 11.0. The molecule has 0 atom stereocenters. The summed E-state index contributed by atoms with van der Waals surface area (Å²) in [6.07, 6.45) is 0.723. The number of aromatic amines is 1. The lowest BCUT2D eigenvalue weighted by molar-refractivity contribution is 0.186. The van der Waals surface area contributed by atoms with Gasteiger partial charge < -0.3 is 14.0 Å². The van der Waals surface area contributed by atoms with Gasteiger partial charge in [-0.15, -0.1) is 0 Å². The standard InChI is InChI=1S/C13H17N3O2S/c1-17-8-7-16-12(14-15-13(16)19)9-10-3-5-11(18-2)6-4-10/h3-6H,7-9H2,1-2H3,(H,15,19). The second-order valence-electron chi connectivity index (χ2n) is 4.11. The van der Waals surface area contributed by atoms with Gasteiger partial charge in [-0.05, 0) is 29.9 Å². The molecule has 0 aliphatic rings. The first-order valence-electron chi connectivity index (χ1n) is 6.00. The average Bonchev–Trinajstić information content (AvgIpc) is 2.78. The molecule has 0 radical (unpaired) electrons. The third-order valence-electron chi connectivity index (χ3n) is 2.88. The summed E-state index contributed by atoms with van der Waals surface area (Å²) < 4.78 is 12.8. The van der Waals surface area contributed by atoms with E-state index in [0.29, 0.717) is 17.9 Å². The van der Waals surface area contributed by atoms with Crippen LogP contribution in [0.1, 0.15) is 11.4 Å². The van der Waals surface area contributed by atoms with Crippen molar-refractivity contribution in [1.82, 2.24) is 14.8 Å². The van der Waals surface area contributed by atoms with Crippen LogP contribution in [0.25, 0.3) is 0 Å². The Morgan fingerprint density at radius 2 is 2.00 bits per heavy atom. The molecular formula is C13H17N3O2S. The van der Waals surface area contributed by atoms with Gasteiger partial charge in [-0.2, -0.15) is 5.10 Å². The second-order valence-corrected chi connectivity index (χ2v) is 4.50. The smallest absolute Gasteiger partial charge is 0.195 e. The first-order chi connectivity index (χ1) is 9.24. The van der Waals surface area contributed by atoms with Gasteiger partial charge >= 0.3 is 0 Å². The topological polar surface area (TPSA) is 52.1 Å². The summed E-state index contributed by atoms with van der Waals surface area (Å²) in [5.74, 6) is 1.76. The Balaban J connectivity index is 2.15. The van der Waals surface area contributed by atoms with Crippen molar-refractivity contribution in [3.63, 3.8) is 0 Å². The van der Waals surface area contributed by atoms with Crippen LogP contribution in [0.15, 0.2) is 24.3 Å². The average molecular weight is 279 g/mol. The highest BCUT2D eigenvalue weighted by atomic mass is 32.1. The van der Waals surface area contributed by atoms with Crippen molar-refractivity contribution in [1.29, 1.82) is 0 Å². The molecule has 0 aliphatic heterocycles. The number of nitrogens with one attached hydrogen (secondary N) is 1. The van der Waals surface area contributed by atoms with Crippen molar-refractivity contribution in [2.75, 3.05) is 20.8 Å². The van der Waals surface area contributed by atoms with Gasteiger partial charge in [0.1, 0.15) is 11.6 Å². The van der Waals surface area contributed by atoms with E-state index in [1.807, 2.05) is 28.8 Å². The highest BCUT2D eigenvalue weighted by Gasteiger charge is 2.07. The second kappa shape index (κ2) is 6.49. The fourth-order valence-electron chi connectivity index (χ4n) is 1.82. The molecule has 2 rings (SSSR count). The first-order valence-corrected chi connectivity index (χ1v) is 6.41. The van der Waals surface area contributed by atoms with Gasteiger partial charge in [0.05, 0.1) is 13.7 Å². The largest absolute Gasteiger partial charge is 0.497 e. The molecule has 0 unspecified atom stereocenters. The summed E-state index contributed by atoms with van der Waals surface area (Å²) in [6.45, 7) is 1.32. The van der Waals surface area contributed by atoms with E-state index >= 15 is 0 Å². The zero-order valence-corrected chi connectivity index (χ0v) is 11.9. The molecule has 2 aromatic rings. The van der Waals surface area contributed by atoms with Crippen LogP contribution < -0.4 is 4.74 Å². The van der Waals surface area contributed by atoms with E-state index in [0.717, 1.165) is 23.6 Å². The minimum Gasteiger partial charge on any atom is -0.497 e. The minimum absolute atomic E-state index is 0.615. The molecule has 0 bridgehead atoms. The van der Waals surface area contributed by atoms with Crippen LogP contribution in [0, 0.1) is 4.77 Å². The Bertz CT molecular complexity index is 574. The van der Waals surface area contributed by atoms with Crippen molar-refractivity contribution < 1.29 is 9.47 Å². The molecule has 0 spiro atoms. The summed E-state index contributed by atoms with van der Waals surface area (Å²) in [6, 6.07) is 7.93. The summed E-state index contributed by atoms with van der Waals surface area (Å²) >= 11 is 5.21. The maximum atomic E-state index is 5.21. The van der Waals surface area contributed by atoms with E-state index in [2.05, 4.69) is 10.2 Å². The van der Waals surface area contributed by atoms with Gasteiger partial charge in [0.2, 0.25) is 0 Å². The Hall–Kier alpha value is -1.66. The Labute approximate surface area is 117 Å². The molecule has 1 heterocycles. The molecule has 0 aliphatic carbocycles. The summed E-state index contributed by atoms with van der Waals surface area (Å²) in [4.78, 5) is 0. The molecule has 6 heteroatoms. The molecule has 0 amide bonds. The normalized spacial score (nSPS) is 10.6. The monoisotopic (exact) mass is 279 g/mol. The number of aromatic nitrogens is 3. The number of ether oxygens (including phenoxy) is 2. The molecule has 1 aromatic heterocycles. The quantitative estimate of drug-likeness (QED) is 0.824. The van der Waals surface area contributed by atoms with E-state index < -0.39 is 0 Å². The van der Waals surface area contributed by atoms with E-state index in [-0.39, 0.29) is 0 Å². The molecule has 1 N–H and O–H groups in total. The number of nitrogens with zero attached hydrogens (tertiary/aromatic N) is 2. The SMILES string of the molecule is COCCn1c(Cc2ccc(OC)cc2)n[nH]c1=S. The van der Waals surface area contributed by atoms with E-state index in [4.69, 9.17) is 21.7 Å². The lowest BCUT2D eigenvalue weighted by Gasteiger charge is -2.06. The number of rotatable bonds is 6. The van der Waals surface area contributed by atoms with Crippen molar-refractivity contribution in [3.05, 3.63) is 40.4 Å². The number of methoxy groups -OCH3 is 2. The van der Waals surface area contributed by atoms with E-state index in [1.165, 1.54) is 0 Å². The molecular weight excluding hydrogens is 262 g/mol. The fourth-order valence-corrected chi connectivity index (χ4v) is 2.07. The summed E-state index contributed by atoms with van der Waals surface area (Å²) in [5.41, 5.74) is 1.16. The predicted octanol–water partition coefficient (Wildman–Crippen LogP) is 2.19. The van der Waals surface area contributed by atoms with E-state index in [1.54, 1.807) is 14.2 Å².